The van der Waals surface area contributed by atoms with Crippen molar-refractivity contribution < 1.29 is 4.74 Å². The second-order valence-electron chi connectivity index (χ2n) is 3.43. The van der Waals surface area contributed by atoms with Gasteiger partial charge in [0.15, 0.2) is 0 Å². The number of rotatable bonds is 8. The van der Waals surface area contributed by atoms with Gasteiger partial charge in [-0.15, -0.1) is 0 Å². The van der Waals surface area contributed by atoms with E-state index in [2.05, 4.69) is 28.7 Å². The summed E-state index contributed by atoms with van der Waals surface area (Å²) in [6.07, 6.45) is 4.92. The fourth-order valence-electron chi connectivity index (χ4n) is 1.36. The van der Waals surface area contributed by atoms with Gasteiger partial charge in [0.2, 0.25) is 0 Å². The summed E-state index contributed by atoms with van der Waals surface area (Å²) in [4.78, 5) is 4.30. The number of ether oxygens (including phenoxy) is 1. The summed E-state index contributed by atoms with van der Waals surface area (Å²) in [5, 5.41) is 3.27. The lowest BCUT2D eigenvalue weighted by molar-refractivity contribution is 0.126. The van der Waals surface area contributed by atoms with Crippen LogP contribution in [0, 0.1) is 0 Å². The van der Waals surface area contributed by atoms with Crippen molar-refractivity contribution in [2.75, 3.05) is 19.8 Å². The third-order valence-corrected chi connectivity index (χ3v) is 2.16. The Morgan fingerprint density at radius 3 is 3.00 bits per heavy atom. The van der Waals surface area contributed by atoms with Crippen LogP contribution >= 0.6 is 0 Å². The normalized spacial score (nSPS) is 10.8. The molecule has 86 valence electrons. The average molecular weight is 211 g/mol. The molecule has 0 aromatic carbocycles. The molecule has 0 bridgehead atoms. The molecule has 0 aliphatic rings. The van der Waals surface area contributed by atoms with Crippen LogP contribution in [0.5, 0.6) is 0 Å². The predicted octanol–water partition coefficient (Wildman–Crippen LogP) is 1.42. The van der Waals surface area contributed by atoms with Crippen molar-refractivity contribution in [2.45, 2.75) is 33.4 Å². The minimum Gasteiger partial charge on any atom is -0.380 e. The smallest absolute Gasteiger partial charge is 0.122 e. The second kappa shape index (κ2) is 7.43. The molecule has 0 radical (unpaired) electrons. The molecule has 0 saturated carbocycles. The first-order chi connectivity index (χ1) is 7.38. The number of imidazole rings is 1. The first kappa shape index (κ1) is 12.2. The molecular formula is C11H21N3O. The van der Waals surface area contributed by atoms with Crippen LogP contribution < -0.4 is 5.32 Å². The molecule has 1 N–H and O–H groups in total. The Balaban J connectivity index is 2.29. The molecule has 0 aliphatic carbocycles. The van der Waals surface area contributed by atoms with E-state index in [4.69, 9.17) is 4.74 Å². The van der Waals surface area contributed by atoms with Crippen LogP contribution in [0.25, 0.3) is 0 Å². The average Bonchev–Trinajstić information content (AvgIpc) is 2.69. The Hall–Kier alpha value is -0.870. The minimum absolute atomic E-state index is 0.767. The molecule has 1 aromatic heterocycles. The van der Waals surface area contributed by atoms with Crippen LogP contribution in [-0.4, -0.2) is 29.3 Å². The maximum atomic E-state index is 5.45. The highest BCUT2D eigenvalue weighted by Crippen LogP contribution is 1.97. The lowest BCUT2D eigenvalue weighted by Crippen LogP contribution is -2.17. The summed E-state index contributed by atoms with van der Waals surface area (Å²) in [5.41, 5.74) is 0. The summed E-state index contributed by atoms with van der Waals surface area (Å²) in [6.45, 7) is 8.52. The van der Waals surface area contributed by atoms with Crippen LogP contribution in [0.4, 0.5) is 0 Å². The van der Waals surface area contributed by atoms with Gasteiger partial charge in [-0.05, 0) is 13.0 Å². The van der Waals surface area contributed by atoms with Crippen molar-refractivity contribution in [2.24, 2.45) is 0 Å². The van der Waals surface area contributed by atoms with Gasteiger partial charge in [-0.2, -0.15) is 0 Å². The third-order valence-electron chi connectivity index (χ3n) is 2.16. The molecule has 0 fully saturated rings. The molecule has 1 aromatic rings. The quantitative estimate of drug-likeness (QED) is 0.661. The van der Waals surface area contributed by atoms with E-state index in [0.717, 1.165) is 45.1 Å². The Kier molecular flexibility index (Phi) is 6.04. The van der Waals surface area contributed by atoms with Gasteiger partial charge in [-0.3, -0.25) is 0 Å². The topological polar surface area (TPSA) is 39.1 Å². The largest absolute Gasteiger partial charge is 0.380 e. The predicted molar refractivity (Wildman–Crippen MR) is 60.7 cm³/mol. The lowest BCUT2D eigenvalue weighted by Gasteiger charge is -2.08. The van der Waals surface area contributed by atoms with E-state index in [1.54, 1.807) is 0 Å². The molecule has 0 unspecified atom stereocenters. The maximum absolute atomic E-state index is 5.45. The molecule has 4 nitrogen and oxygen atoms in total. The second-order valence-corrected chi connectivity index (χ2v) is 3.43. The molecule has 1 rings (SSSR count). The summed E-state index contributed by atoms with van der Waals surface area (Å²) in [6, 6.07) is 0. The van der Waals surface area contributed by atoms with Crippen LogP contribution in [0.1, 0.15) is 26.1 Å². The highest BCUT2D eigenvalue weighted by atomic mass is 16.5. The molecule has 0 spiro atoms. The zero-order valence-electron chi connectivity index (χ0n) is 9.70. The lowest BCUT2D eigenvalue weighted by atomic mass is 10.5. The molecule has 0 saturated heterocycles. The van der Waals surface area contributed by atoms with Gasteiger partial charge in [-0.1, -0.05) is 13.8 Å². The standard InChI is InChI=1S/C11H21N3O/c1-3-8-15-9-7-14-6-5-13-11(14)10-12-4-2/h5-6,12H,3-4,7-10H2,1-2H3. The number of hydrogen-bond acceptors (Lipinski definition) is 3. The zero-order valence-corrected chi connectivity index (χ0v) is 9.70. The van der Waals surface area contributed by atoms with Gasteiger partial charge < -0.3 is 14.6 Å². The molecule has 15 heavy (non-hydrogen) atoms. The van der Waals surface area contributed by atoms with Gasteiger partial charge in [-0.25, -0.2) is 4.98 Å². The van der Waals surface area contributed by atoms with Crippen molar-refractivity contribution in [1.29, 1.82) is 0 Å². The summed E-state index contributed by atoms with van der Waals surface area (Å²) < 4.78 is 7.58. The minimum atomic E-state index is 0.767. The molecule has 0 amide bonds. The molecule has 4 heteroatoms. The SMILES string of the molecule is CCCOCCn1ccnc1CNCC. The van der Waals surface area contributed by atoms with Gasteiger partial charge in [0.25, 0.3) is 0 Å². The van der Waals surface area contributed by atoms with Crippen LogP contribution in [0.15, 0.2) is 12.4 Å². The Morgan fingerprint density at radius 2 is 2.27 bits per heavy atom. The highest BCUT2D eigenvalue weighted by Gasteiger charge is 2.00. The van der Waals surface area contributed by atoms with Crippen molar-refractivity contribution in [3.63, 3.8) is 0 Å². The summed E-state index contributed by atoms with van der Waals surface area (Å²) in [5.74, 6) is 1.08. The molecule has 0 aliphatic heterocycles. The van der Waals surface area contributed by atoms with Gasteiger partial charge in [0, 0.05) is 25.5 Å². The van der Waals surface area contributed by atoms with Crippen molar-refractivity contribution in [3.05, 3.63) is 18.2 Å². The maximum Gasteiger partial charge on any atom is 0.122 e. The summed E-state index contributed by atoms with van der Waals surface area (Å²) in [7, 11) is 0. The third kappa shape index (κ3) is 4.44. The number of aromatic nitrogens is 2. The van der Waals surface area contributed by atoms with Gasteiger partial charge in [0.1, 0.15) is 5.82 Å². The van der Waals surface area contributed by atoms with E-state index in [9.17, 15) is 0 Å². The van der Waals surface area contributed by atoms with E-state index in [0.29, 0.717) is 0 Å². The van der Waals surface area contributed by atoms with E-state index in [1.165, 1.54) is 0 Å². The first-order valence-electron chi connectivity index (χ1n) is 5.67. The van der Waals surface area contributed by atoms with Crippen LogP contribution in [0.3, 0.4) is 0 Å². The van der Waals surface area contributed by atoms with Crippen LogP contribution in [0.2, 0.25) is 0 Å². The first-order valence-corrected chi connectivity index (χ1v) is 5.67. The van der Waals surface area contributed by atoms with E-state index >= 15 is 0 Å². The fourth-order valence-corrected chi connectivity index (χ4v) is 1.36. The number of nitrogens with one attached hydrogen (secondary N) is 1. The Morgan fingerprint density at radius 1 is 1.40 bits per heavy atom. The van der Waals surface area contributed by atoms with E-state index in [1.807, 2.05) is 12.4 Å². The van der Waals surface area contributed by atoms with Crippen LogP contribution in [-0.2, 0) is 17.8 Å². The molecule has 0 atom stereocenters. The number of nitrogens with zero attached hydrogens (tertiary/aromatic N) is 2. The number of hydrogen-bond donors (Lipinski definition) is 1. The van der Waals surface area contributed by atoms with Gasteiger partial charge in [0.05, 0.1) is 13.2 Å². The Labute approximate surface area is 91.7 Å². The van der Waals surface area contributed by atoms with Crippen molar-refractivity contribution >= 4 is 0 Å². The Bertz CT molecular complexity index is 260. The summed E-state index contributed by atoms with van der Waals surface area (Å²) >= 11 is 0. The highest BCUT2D eigenvalue weighted by molar-refractivity contribution is 4.91. The monoisotopic (exact) mass is 211 g/mol. The molecular weight excluding hydrogens is 190 g/mol. The van der Waals surface area contributed by atoms with E-state index < -0.39 is 0 Å². The zero-order chi connectivity index (χ0) is 10.9. The van der Waals surface area contributed by atoms with E-state index in [-0.39, 0.29) is 0 Å². The van der Waals surface area contributed by atoms with Crippen molar-refractivity contribution in [1.82, 2.24) is 14.9 Å². The van der Waals surface area contributed by atoms with Crippen molar-refractivity contribution in [3.8, 4) is 0 Å². The van der Waals surface area contributed by atoms with Gasteiger partial charge >= 0.3 is 0 Å². The molecule has 1 heterocycles. The fraction of sp³-hybridized carbons (Fsp3) is 0.727.